The van der Waals surface area contributed by atoms with E-state index in [4.69, 9.17) is 4.74 Å². The third kappa shape index (κ3) is 4.88. The first-order valence-electron chi connectivity index (χ1n) is 9.31. The number of rotatable bonds is 3. The van der Waals surface area contributed by atoms with E-state index >= 15 is 0 Å². The Morgan fingerprint density at radius 2 is 1.86 bits per heavy atom. The topological polar surface area (TPSA) is 87.3 Å². The first kappa shape index (κ1) is 19.9. The summed E-state index contributed by atoms with van der Waals surface area (Å²) < 4.78 is 18.5. The molecule has 0 unspecified atom stereocenters. The highest BCUT2D eigenvalue weighted by molar-refractivity contribution is 5.99. The van der Waals surface area contributed by atoms with Crippen LogP contribution in [-0.4, -0.2) is 51.8 Å². The number of H-pyrrole nitrogens is 1. The zero-order valence-corrected chi connectivity index (χ0v) is 16.3. The highest BCUT2D eigenvalue weighted by Gasteiger charge is 2.28. The second-order valence-corrected chi connectivity index (χ2v) is 7.88. The standard InChI is InChI=1S/C20H25FN4O3/c1-20(2,3)28-19(27)25-10-8-15(9-11-25)23-18(26)16-12-22-24-17(16)13-4-6-14(21)7-5-13/h4-7,12,15H,8-11H2,1-3H3,(H,22,24)(H,23,26). The summed E-state index contributed by atoms with van der Waals surface area (Å²) in [6.07, 6.45) is 2.43. The SMILES string of the molecule is CC(C)(C)OC(=O)N1CCC(NC(=O)c2cn[nH]c2-c2ccc(F)cc2)CC1. The normalized spacial score (nSPS) is 15.4. The first-order valence-corrected chi connectivity index (χ1v) is 9.31. The van der Waals surface area contributed by atoms with Crippen molar-refractivity contribution in [3.63, 3.8) is 0 Å². The van der Waals surface area contributed by atoms with Crippen molar-refractivity contribution >= 4 is 12.0 Å². The summed E-state index contributed by atoms with van der Waals surface area (Å²) in [5, 5.41) is 9.75. The number of nitrogens with zero attached hydrogens (tertiary/aromatic N) is 2. The van der Waals surface area contributed by atoms with E-state index < -0.39 is 5.60 Å². The number of carbonyl (C=O) groups is 2. The molecular formula is C20H25FN4O3. The number of aromatic amines is 1. The van der Waals surface area contributed by atoms with Crippen molar-refractivity contribution in [1.29, 1.82) is 0 Å². The molecule has 7 nitrogen and oxygen atoms in total. The van der Waals surface area contributed by atoms with Crippen LogP contribution in [0.15, 0.2) is 30.5 Å². The Hall–Kier alpha value is -2.90. The van der Waals surface area contributed by atoms with Crippen LogP contribution in [0.1, 0.15) is 44.0 Å². The summed E-state index contributed by atoms with van der Waals surface area (Å²) >= 11 is 0. The number of carbonyl (C=O) groups excluding carboxylic acids is 2. The van der Waals surface area contributed by atoms with Crippen LogP contribution in [0.25, 0.3) is 11.3 Å². The van der Waals surface area contributed by atoms with Crippen LogP contribution in [-0.2, 0) is 4.74 Å². The van der Waals surface area contributed by atoms with E-state index in [1.54, 1.807) is 17.0 Å². The van der Waals surface area contributed by atoms with Crippen LogP contribution in [0.3, 0.4) is 0 Å². The van der Waals surface area contributed by atoms with Crippen molar-refractivity contribution in [2.75, 3.05) is 13.1 Å². The first-order chi connectivity index (χ1) is 13.2. The number of ether oxygens (including phenoxy) is 1. The molecule has 1 aliphatic rings. The smallest absolute Gasteiger partial charge is 0.410 e. The fourth-order valence-electron chi connectivity index (χ4n) is 3.09. The van der Waals surface area contributed by atoms with Crippen molar-refractivity contribution in [1.82, 2.24) is 20.4 Å². The average Bonchev–Trinajstić information content (AvgIpc) is 3.11. The van der Waals surface area contributed by atoms with Crippen LogP contribution >= 0.6 is 0 Å². The van der Waals surface area contributed by atoms with Crippen molar-refractivity contribution in [3.05, 3.63) is 41.8 Å². The van der Waals surface area contributed by atoms with E-state index in [2.05, 4.69) is 15.5 Å². The number of hydrogen-bond donors (Lipinski definition) is 2. The maximum atomic E-state index is 13.1. The molecule has 0 spiro atoms. The molecule has 1 aromatic heterocycles. The maximum absolute atomic E-state index is 13.1. The highest BCUT2D eigenvalue weighted by atomic mass is 19.1. The molecule has 1 aliphatic heterocycles. The number of likely N-dealkylation sites (tertiary alicyclic amines) is 1. The fraction of sp³-hybridized carbons (Fsp3) is 0.450. The van der Waals surface area contributed by atoms with E-state index in [0.717, 1.165) is 0 Å². The molecule has 0 saturated carbocycles. The molecule has 8 heteroatoms. The largest absolute Gasteiger partial charge is 0.444 e. The van der Waals surface area contributed by atoms with Gasteiger partial charge in [0.25, 0.3) is 5.91 Å². The van der Waals surface area contributed by atoms with Gasteiger partial charge in [-0.3, -0.25) is 9.89 Å². The molecular weight excluding hydrogens is 363 g/mol. The summed E-state index contributed by atoms with van der Waals surface area (Å²) in [7, 11) is 0. The van der Waals surface area contributed by atoms with Gasteiger partial charge in [-0.1, -0.05) is 0 Å². The fourth-order valence-corrected chi connectivity index (χ4v) is 3.09. The molecule has 2 amide bonds. The molecule has 0 bridgehead atoms. The highest BCUT2D eigenvalue weighted by Crippen LogP contribution is 2.22. The molecule has 3 rings (SSSR count). The Bertz CT molecular complexity index is 834. The molecule has 1 saturated heterocycles. The second-order valence-electron chi connectivity index (χ2n) is 7.88. The van der Waals surface area contributed by atoms with Crippen LogP contribution < -0.4 is 5.32 Å². The van der Waals surface area contributed by atoms with Gasteiger partial charge in [0.2, 0.25) is 0 Å². The number of amides is 2. The van der Waals surface area contributed by atoms with Gasteiger partial charge in [0, 0.05) is 24.7 Å². The summed E-state index contributed by atoms with van der Waals surface area (Å²) in [5.41, 5.74) is 1.11. The zero-order chi connectivity index (χ0) is 20.3. The lowest BCUT2D eigenvalue weighted by molar-refractivity contribution is 0.0199. The molecule has 0 atom stereocenters. The molecule has 2 N–H and O–H groups in total. The number of halogens is 1. The van der Waals surface area contributed by atoms with Crippen LogP contribution in [0.5, 0.6) is 0 Å². The number of benzene rings is 1. The zero-order valence-electron chi connectivity index (χ0n) is 16.3. The molecule has 2 heterocycles. The van der Waals surface area contributed by atoms with E-state index in [1.807, 2.05) is 20.8 Å². The van der Waals surface area contributed by atoms with Crippen LogP contribution in [0, 0.1) is 5.82 Å². The minimum atomic E-state index is -0.528. The predicted octanol–water partition coefficient (Wildman–Crippen LogP) is 3.35. The Balaban J connectivity index is 1.58. The van der Waals surface area contributed by atoms with E-state index in [9.17, 15) is 14.0 Å². The molecule has 2 aromatic rings. The lowest BCUT2D eigenvalue weighted by Crippen LogP contribution is -2.47. The molecule has 0 aliphatic carbocycles. The monoisotopic (exact) mass is 388 g/mol. The lowest BCUT2D eigenvalue weighted by Gasteiger charge is -2.33. The Morgan fingerprint density at radius 3 is 2.46 bits per heavy atom. The van der Waals surface area contributed by atoms with Gasteiger partial charge in [-0.15, -0.1) is 0 Å². The maximum Gasteiger partial charge on any atom is 0.410 e. The molecule has 150 valence electrons. The van der Waals surface area contributed by atoms with E-state index in [1.165, 1.54) is 18.3 Å². The van der Waals surface area contributed by atoms with Gasteiger partial charge in [-0.25, -0.2) is 9.18 Å². The Kier molecular flexibility index (Phi) is 5.67. The molecule has 1 aromatic carbocycles. The van der Waals surface area contributed by atoms with E-state index in [-0.39, 0.29) is 23.9 Å². The minimum Gasteiger partial charge on any atom is -0.444 e. The van der Waals surface area contributed by atoms with Crippen molar-refractivity contribution in [2.45, 2.75) is 45.3 Å². The van der Waals surface area contributed by atoms with Gasteiger partial charge in [0.1, 0.15) is 11.4 Å². The third-order valence-electron chi connectivity index (χ3n) is 4.50. The van der Waals surface area contributed by atoms with Gasteiger partial charge in [-0.2, -0.15) is 5.10 Å². The number of hydrogen-bond acceptors (Lipinski definition) is 4. The summed E-state index contributed by atoms with van der Waals surface area (Å²) in [5.74, 6) is -0.588. The van der Waals surface area contributed by atoms with Gasteiger partial charge in [-0.05, 0) is 57.9 Å². The quantitative estimate of drug-likeness (QED) is 0.844. The number of aromatic nitrogens is 2. The Morgan fingerprint density at radius 1 is 1.21 bits per heavy atom. The second kappa shape index (κ2) is 8.00. The van der Waals surface area contributed by atoms with Crippen molar-refractivity contribution in [2.24, 2.45) is 0 Å². The van der Waals surface area contributed by atoms with Crippen molar-refractivity contribution < 1.29 is 18.7 Å². The van der Waals surface area contributed by atoms with E-state index in [0.29, 0.717) is 42.8 Å². The average molecular weight is 388 g/mol. The lowest BCUT2D eigenvalue weighted by atomic mass is 10.0. The van der Waals surface area contributed by atoms with Gasteiger partial charge in [0.05, 0.1) is 17.5 Å². The van der Waals surface area contributed by atoms with Crippen LogP contribution in [0.4, 0.5) is 9.18 Å². The third-order valence-corrected chi connectivity index (χ3v) is 4.50. The summed E-state index contributed by atoms with van der Waals surface area (Å²) in [4.78, 5) is 26.5. The molecule has 28 heavy (non-hydrogen) atoms. The Labute approximate surface area is 163 Å². The summed E-state index contributed by atoms with van der Waals surface area (Å²) in [6, 6.07) is 5.83. The van der Waals surface area contributed by atoms with Gasteiger partial charge >= 0.3 is 6.09 Å². The molecule has 0 radical (unpaired) electrons. The van der Waals surface area contributed by atoms with Crippen LogP contribution in [0.2, 0.25) is 0 Å². The minimum absolute atomic E-state index is 0.0397. The van der Waals surface area contributed by atoms with Gasteiger partial charge < -0.3 is 15.0 Å². The van der Waals surface area contributed by atoms with Crippen molar-refractivity contribution in [3.8, 4) is 11.3 Å². The number of piperidine rings is 1. The predicted molar refractivity (Wildman–Crippen MR) is 102 cm³/mol. The summed E-state index contributed by atoms with van der Waals surface area (Å²) in [6.45, 7) is 6.55. The van der Waals surface area contributed by atoms with Gasteiger partial charge in [0.15, 0.2) is 0 Å². The molecule has 1 fully saturated rings. The number of nitrogens with one attached hydrogen (secondary N) is 2.